The third kappa shape index (κ3) is 3.12. The fraction of sp³-hybridized carbons (Fsp3) is 0.250. The first-order valence-electron chi connectivity index (χ1n) is 5.83. The molecule has 2 rings (SSSR count). The summed E-state index contributed by atoms with van der Waals surface area (Å²) < 4.78 is 28.2. The molecule has 1 aromatic carbocycles. The predicted molar refractivity (Wildman–Crippen MR) is 73.2 cm³/mol. The Bertz CT molecular complexity index is 647. The Morgan fingerprint density at radius 2 is 1.95 bits per heavy atom. The molecule has 3 N–H and O–H groups in total. The van der Waals surface area contributed by atoms with Crippen molar-refractivity contribution in [2.45, 2.75) is 11.3 Å². The van der Waals surface area contributed by atoms with Gasteiger partial charge >= 0.3 is 0 Å². The van der Waals surface area contributed by atoms with Gasteiger partial charge < -0.3 is 5.73 Å². The van der Waals surface area contributed by atoms with Crippen LogP contribution in [0.25, 0.3) is 0 Å². The lowest BCUT2D eigenvalue weighted by Crippen LogP contribution is -2.15. The summed E-state index contributed by atoms with van der Waals surface area (Å²) in [5.41, 5.74) is 6.47. The minimum atomic E-state index is -3.58. The van der Waals surface area contributed by atoms with E-state index in [9.17, 15) is 8.42 Å². The fourth-order valence-corrected chi connectivity index (χ4v) is 2.76. The number of aromatic nitrogens is 2. The van der Waals surface area contributed by atoms with Gasteiger partial charge in [0.15, 0.2) is 0 Å². The number of nitrogens with one attached hydrogen (secondary N) is 1. The molecule has 0 aliphatic rings. The number of hydrogen-bond donors (Lipinski definition) is 2. The molecule has 0 bridgehead atoms. The summed E-state index contributed by atoms with van der Waals surface area (Å²) in [6.45, 7) is 0.541. The molecule has 1 heterocycles. The van der Waals surface area contributed by atoms with Crippen LogP contribution in [0.2, 0.25) is 0 Å². The summed E-state index contributed by atoms with van der Waals surface area (Å²) in [6, 6.07) is 8.28. The molecule has 0 radical (unpaired) electrons. The average Bonchev–Trinajstić information content (AvgIpc) is 2.75. The van der Waals surface area contributed by atoms with Gasteiger partial charge in [-0.15, -0.1) is 0 Å². The smallest absolute Gasteiger partial charge is 0.263 e. The first-order chi connectivity index (χ1) is 9.03. The van der Waals surface area contributed by atoms with E-state index in [2.05, 4.69) is 9.82 Å². The second-order valence-electron chi connectivity index (χ2n) is 4.13. The highest BCUT2D eigenvalue weighted by molar-refractivity contribution is 7.92. The number of nitrogens with two attached hydrogens (primary N) is 1. The summed E-state index contributed by atoms with van der Waals surface area (Å²) in [5.74, 6) is 0.422. The first kappa shape index (κ1) is 13.6. The molecule has 0 atom stereocenters. The number of aryl methyl sites for hydroxylation is 1. The van der Waals surface area contributed by atoms with Crippen molar-refractivity contribution in [2.24, 2.45) is 12.8 Å². The Kier molecular flexibility index (Phi) is 3.87. The standard InChI is InChI=1S/C12H16N4O2S/c1-16-12(7-9-14-16)15-19(17,18)11-4-2-10(3-5-11)6-8-13/h2-5,7,9,15H,6,8,13H2,1H3. The van der Waals surface area contributed by atoms with Crippen molar-refractivity contribution < 1.29 is 8.42 Å². The molecular weight excluding hydrogens is 264 g/mol. The number of anilines is 1. The van der Waals surface area contributed by atoms with Gasteiger partial charge in [0.05, 0.1) is 11.1 Å². The normalized spacial score (nSPS) is 11.5. The van der Waals surface area contributed by atoms with Gasteiger partial charge in [-0.25, -0.2) is 8.42 Å². The Hall–Kier alpha value is -1.86. The maximum atomic E-state index is 12.1. The third-order valence-corrected chi connectivity index (χ3v) is 4.10. The van der Waals surface area contributed by atoms with Crippen molar-refractivity contribution in [3.63, 3.8) is 0 Å². The van der Waals surface area contributed by atoms with Crippen LogP contribution in [0.3, 0.4) is 0 Å². The second-order valence-corrected chi connectivity index (χ2v) is 5.81. The van der Waals surface area contributed by atoms with Crippen LogP contribution >= 0.6 is 0 Å². The monoisotopic (exact) mass is 280 g/mol. The molecule has 0 amide bonds. The van der Waals surface area contributed by atoms with Crippen LogP contribution in [0, 0.1) is 0 Å². The third-order valence-electron chi connectivity index (χ3n) is 2.73. The molecule has 0 unspecified atom stereocenters. The van der Waals surface area contributed by atoms with E-state index >= 15 is 0 Å². The summed E-state index contributed by atoms with van der Waals surface area (Å²) in [6.07, 6.45) is 2.26. The minimum Gasteiger partial charge on any atom is -0.330 e. The number of hydrogen-bond acceptors (Lipinski definition) is 4. The molecule has 7 heteroatoms. The average molecular weight is 280 g/mol. The van der Waals surface area contributed by atoms with Gasteiger partial charge in [-0.3, -0.25) is 9.40 Å². The molecule has 102 valence electrons. The summed E-state index contributed by atoms with van der Waals surface area (Å²) in [4.78, 5) is 0.217. The van der Waals surface area contributed by atoms with Crippen molar-refractivity contribution >= 4 is 15.8 Å². The number of sulfonamides is 1. The van der Waals surface area contributed by atoms with Crippen molar-refractivity contribution in [2.75, 3.05) is 11.3 Å². The van der Waals surface area contributed by atoms with E-state index in [1.165, 1.54) is 10.9 Å². The highest BCUT2D eigenvalue weighted by Crippen LogP contribution is 2.15. The lowest BCUT2D eigenvalue weighted by Gasteiger charge is -2.08. The molecule has 0 aliphatic heterocycles. The van der Waals surface area contributed by atoms with E-state index < -0.39 is 10.0 Å². The highest BCUT2D eigenvalue weighted by atomic mass is 32.2. The van der Waals surface area contributed by atoms with Crippen LogP contribution in [0.15, 0.2) is 41.4 Å². The zero-order valence-electron chi connectivity index (χ0n) is 10.6. The summed E-state index contributed by atoms with van der Waals surface area (Å²) in [5, 5.41) is 3.91. The lowest BCUT2D eigenvalue weighted by atomic mass is 10.2. The highest BCUT2D eigenvalue weighted by Gasteiger charge is 2.15. The predicted octanol–water partition coefficient (Wildman–Crippen LogP) is 0.722. The van der Waals surface area contributed by atoms with Gasteiger partial charge in [0.25, 0.3) is 10.0 Å². The molecule has 0 saturated carbocycles. The largest absolute Gasteiger partial charge is 0.330 e. The Morgan fingerprint density at radius 3 is 2.47 bits per heavy atom. The lowest BCUT2D eigenvalue weighted by molar-refractivity contribution is 0.600. The van der Waals surface area contributed by atoms with E-state index in [1.807, 2.05) is 0 Å². The maximum Gasteiger partial charge on any atom is 0.263 e. The Labute approximate surface area is 112 Å². The van der Waals surface area contributed by atoms with Gasteiger partial charge in [-0.05, 0) is 30.7 Å². The van der Waals surface area contributed by atoms with Crippen LogP contribution in [0.4, 0.5) is 5.82 Å². The molecule has 0 aliphatic carbocycles. The van der Waals surface area contributed by atoms with E-state index in [0.29, 0.717) is 12.4 Å². The van der Waals surface area contributed by atoms with Gasteiger partial charge in [-0.2, -0.15) is 5.10 Å². The van der Waals surface area contributed by atoms with Gasteiger partial charge in [0.1, 0.15) is 5.82 Å². The van der Waals surface area contributed by atoms with E-state index in [0.717, 1.165) is 12.0 Å². The summed E-state index contributed by atoms with van der Waals surface area (Å²) >= 11 is 0. The topological polar surface area (TPSA) is 90.0 Å². The zero-order valence-corrected chi connectivity index (χ0v) is 11.4. The van der Waals surface area contributed by atoms with Crippen LogP contribution in [0.5, 0.6) is 0 Å². The molecule has 1 aromatic heterocycles. The van der Waals surface area contributed by atoms with Gasteiger partial charge in [0.2, 0.25) is 0 Å². The van der Waals surface area contributed by atoms with E-state index in [4.69, 9.17) is 5.73 Å². The SMILES string of the molecule is Cn1nccc1NS(=O)(=O)c1ccc(CCN)cc1. The molecule has 6 nitrogen and oxygen atoms in total. The maximum absolute atomic E-state index is 12.1. The van der Waals surface area contributed by atoms with Crippen LogP contribution < -0.4 is 10.5 Å². The first-order valence-corrected chi connectivity index (χ1v) is 7.31. The number of nitrogens with zero attached hydrogens (tertiary/aromatic N) is 2. The van der Waals surface area contributed by atoms with E-state index in [-0.39, 0.29) is 4.90 Å². The van der Waals surface area contributed by atoms with Crippen molar-refractivity contribution in [3.8, 4) is 0 Å². The number of rotatable bonds is 5. The summed E-state index contributed by atoms with van der Waals surface area (Å²) in [7, 11) is -1.91. The van der Waals surface area contributed by atoms with Crippen molar-refractivity contribution in [1.29, 1.82) is 0 Å². The van der Waals surface area contributed by atoms with Crippen molar-refractivity contribution in [3.05, 3.63) is 42.1 Å². The van der Waals surface area contributed by atoms with Crippen molar-refractivity contribution in [1.82, 2.24) is 9.78 Å². The second kappa shape index (κ2) is 5.41. The van der Waals surface area contributed by atoms with E-state index in [1.54, 1.807) is 37.4 Å². The van der Waals surface area contributed by atoms with Gasteiger partial charge in [0, 0.05) is 13.1 Å². The minimum absolute atomic E-state index is 0.217. The Morgan fingerprint density at radius 1 is 1.26 bits per heavy atom. The molecule has 0 spiro atoms. The zero-order chi connectivity index (χ0) is 13.9. The molecule has 0 saturated heterocycles. The molecule has 19 heavy (non-hydrogen) atoms. The Balaban J connectivity index is 2.22. The molecule has 0 fully saturated rings. The quantitative estimate of drug-likeness (QED) is 0.844. The molecular formula is C12H16N4O2S. The molecule has 2 aromatic rings. The number of benzene rings is 1. The van der Waals surface area contributed by atoms with Crippen LogP contribution in [-0.4, -0.2) is 24.7 Å². The van der Waals surface area contributed by atoms with Crippen LogP contribution in [0.1, 0.15) is 5.56 Å². The fourth-order valence-electron chi connectivity index (χ4n) is 1.67. The van der Waals surface area contributed by atoms with Gasteiger partial charge in [-0.1, -0.05) is 12.1 Å². The van der Waals surface area contributed by atoms with Crippen LogP contribution in [-0.2, 0) is 23.5 Å².